The van der Waals surface area contributed by atoms with Gasteiger partial charge in [0.15, 0.2) is 0 Å². The summed E-state index contributed by atoms with van der Waals surface area (Å²) in [6, 6.07) is 6.79. The maximum atomic E-state index is 6.29. The monoisotopic (exact) mass is 273 g/mol. The van der Waals surface area contributed by atoms with Gasteiger partial charge < -0.3 is 15.0 Å². The number of imidazole rings is 1. The van der Waals surface area contributed by atoms with Crippen molar-refractivity contribution in [3.05, 3.63) is 29.6 Å². The van der Waals surface area contributed by atoms with Crippen molar-refractivity contribution in [1.29, 1.82) is 0 Å². The fraction of sp³-hybridized carbons (Fsp3) is 0.562. The van der Waals surface area contributed by atoms with Crippen molar-refractivity contribution >= 4 is 11.0 Å². The van der Waals surface area contributed by atoms with E-state index in [9.17, 15) is 0 Å². The van der Waals surface area contributed by atoms with Gasteiger partial charge in [-0.2, -0.15) is 0 Å². The molecular weight excluding hydrogens is 250 g/mol. The fourth-order valence-corrected chi connectivity index (χ4v) is 3.05. The summed E-state index contributed by atoms with van der Waals surface area (Å²) in [7, 11) is 0. The zero-order valence-corrected chi connectivity index (χ0v) is 12.7. The van der Waals surface area contributed by atoms with Gasteiger partial charge in [-0.1, -0.05) is 6.07 Å². The van der Waals surface area contributed by atoms with Crippen molar-refractivity contribution in [3.8, 4) is 0 Å². The van der Waals surface area contributed by atoms with E-state index in [0.29, 0.717) is 19.3 Å². The highest BCUT2D eigenvalue weighted by molar-refractivity contribution is 5.77. The molecule has 1 aromatic carbocycles. The van der Waals surface area contributed by atoms with Crippen LogP contribution in [-0.2, 0) is 10.2 Å². The van der Waals surface area contributed by atoms with Crippen molar-refractivity contribution in [3.63, 3.8) is 0 Å². The Balaban J connectivity index is 2.27. The van der Waals surface area contributed by atoms with Crippen LogP contribution in [0, 0.1) is 6.92 Å². The Hall–Kier alpha value is -1.39. The molecule has 1 aromatic heterocycles. The molecular formula is C16H23N3O. The summed E-state index contributed by atoms with van der Waals surface area (Å²) >= 11 is 0. The summed E-state index contributed by atoms with van der Waals surface area (Å²) in [6.07, 6.45) is 0. The third-order valence-electron chi connectivity index (χ3n) is 4.39. The minimum atomic E-state index is -0.211. The number of aromatic nitrogens is 2. The van der Waals surface area contributed by atoms with Crippen LogP contribution in [0.2, 0.25) is 0 Å². The molecule has 0 aliphatic carbocycles. The molecule has 1 aliphatic heterocycles. The van der Waals surface area contributed by atoms with E-state index in [4.69, 9.17) is 15.5 Å². The molecule has 0 bridgehead atoms. The molecule has 1 aliphatic rings. The van der Waals surface area contributed by atoms with E-state index in [2.05, 4.69) is 50.5 Å². The maximum Gasteiger partial charge on any atom is 0.120 e. The van der Waals surface area contributed by atoms with Gasteiger partial charge in [0.05, 0.1) is 29.7 Å². The molecule has 0 amide bonds. The van der Waals surface area contributed by atoms with Crippen molar-refractivity contribution in [2.75, 3.05) is 13.2 Å². The average molecular weight is 273 g/mol. The molecule has 2 aromatic rings. The van der Waals surface area contributed by atoms with E-state index in [1.54, 1.807) is 0 Å². The molecule has 2 N–H and O–H groups in total. The second-order valence-corrected chi connectivity index (χ2v) is 6.43. The van der Waals surface area contributed by atoms with Crippen molar-refractivity contribution < 1.29 is 4.74 Å². The van der Waals surface area contributed by atoms with E-state index in [0.717, 1.165) is 11.3 Å². The largest absolute Gasteiger partial charge is 0.379 e. The average Bonchev–Trinajstić information content (AvgIpc) is 2.91. The SMILES string of the molecule is Cc1ccc2c(c1)nc(C1(C)COCC1N)n2C(C)C. The van der Waals surface area contributed by atoms with Gasteiger partial charge in [-0.05, 0) is 45.4 Å². The van der Waals surface area contributed by atoms with Crippen molar-refractivity contribution in [2.24, 2.45) is 5.73 Å². The molecule has 0 radical (unpaired) electrons. The van der Waals surface area contributed by atoms with E-state index < -0.39 is 0 Å². The highest BCUT2D eigenvalue weighted by atomic mass is 16.5. The predicted molar refractivity (Wildman–Crippen MR) is 81.0 cm³/mol. The topological polar surface area (TPSA) is 53.1 Å². The summed E-state index contributed by atoms with van der Waals surface area (Å²) in [5, 5.41) is 0. The lowest BCUT2D eigenvalue weighted by Gasteiger charge is -2.28. The lowest BCUT2D eigenvalue weighted by atomic mass is 9.84. The zero-order chi connectivity index (χ0) is 14.5. The van der Waals surface area contributed by atoms with Crippen LogP contribution in [0.15, 0.2) is 18.2 Å². The fourth-order valence-electron chi connectivity index (χ4n) is 3.05. The lowest BCUT2D eigenvalue weighted by Crippen LogP contribution is -2.44. The summed E-state index contributed by atoms with van der Waals surface area (Å²) < 4.78 is 7.91. The van der Waals surface area contributed by atoms with Crippen molar-refractivity contribution in [2.45, 2.75) is 45.2 Å². The number of nitrogens with two attached hydrogens (primary N) is 1. The third kappa shape index (κ3) is 1.86. The highest BCUT2D eigenvalue weighted by Gasteiger charge is 2.43. The first kappa shape index (κ1) is 13.6. The Kier molecular flexibility index (Phi) is 3.10. The van der Waals surface area contributed by atoms with Crippen LogP contribution in [0.5, 0.6) is 0 Å². The molecule has 4 nitrogen and oxygen atoms in total. The van der Waals surface area contributed by atoms with E-state index in [1.165, 1.54) is 11.1 Å². The number of rotatable bonds is 2. The molecule has 20 heavy (non-hydrogen) atoms. The Morgan fingerprint density at radius 3 is 2.80 bits per heavy atom. The quantitative estimate of drug-likeness (QED) is 0.915. The minimum Gasteiger partial charge on any atom is -0.379 e. The van der Waals surface area contributed by atoms with Crippen LogP contribution >= 0.6 is 0 Å². The van der Waals surface area contributed by atoms with Gasteiger partial charge in [0.1, 0.15) is 5.82 Å². The zero-order valence-electron chi connectivity index (χ0n) is 12.7. The molecule has 1 saturated heterocycles. The van der Waals surface area contributed by atoms with Crippen molar-refractivity contribution in [1.82, 2.24) is 9.55 Å². The molecule has 2 heterocycles. The van der Waals surface area contributed by atoms with Gasteiger partial charge >= 0.3 is 0 Å². The first-order valence-electron chi connectivity index (χ1n) is 7.26. The summed E-state index contributed by atoms with van der Waals surface area (Å²) in [4.78, 5) is 4.90. The molecule has 0 saturated carbocycles. The van der Waals surface area contributed by atoms with E-state index in [1.807, 2.05) is 0 Å². The number of aryl methyl sites for hydroxylation is 1. The van der Waals surface area contributed by atoms with Crippen LogP contribution in [0.1, 0.15) is 38.2 Å². The number of nitrogens with zero attached hydrogens (tertiary/aromatic N) is 2. The molecule has 2 unspecified atom stereocenters. The molecule has 3 rings (SSSR count). The molecule has 0 spiro atoms. The summed E-state index contributed by atoms with van der Waals surface area (Å²) in [6.45, 7) is 9.89. The van der Waals surface area contributed by atoms with Crippen LogP contribution in [0.3, 0.4) is 0 Å². The first-order valence-corrected chi connectivity index (χ1v) is 7.26. The van der Waals surface area contributed by atoms with E-state index >= 15 is 0 Å². The smallest absolute Gasteiger partial charge is 0.120 e. The predicted octanol–water partition coefficient (Wildman–Crippen LogP) is 2.54. The molecule has 1 fully saturated rings. The van der Waals surface area contributed by atoms with Crippen LogP contribution in [0.4, 0.5) is 0 Å². The maximum absolute atomic E-state index is 6.29. The van der Waals surface area contributed by atoms with Gasteiger partial charge in [-0.25, -0.2) is 4.98 Å². The van der Waals surface area contributed by atoms with Gasteiger partial charge in [-0.15, -0.1) is 0 Å². The number of ether oxygens (including phenoxy) is 1. The lowest BCUT2D eigenvalue weighted by molar-refractivity contribution is 0.177. The first-order chi connectivity index (χ1) is 9.43. The summed E-state index contributed by atoms with van der Waals surface area (Å²) in [5.41, 5.74) is 9.54. The number of hydrogen-bond acceptors (Lipinski definition) is 3. The van der Waals surface area contributed by atoms with Gasteiger partial charge in [0, 0.05) is 12.1 Å². The Bertz CT molecular complexity index is 646. The Labute approximate surface area is 119 Å². The van der Waals surface area contributed by atoms with Crippen LogP contribution < -0.4 is 5.73 Å². The van der Waals surface area contributed by atoms with Crippen LogP contribution in [0.25, 0.3) is 11.0 Å². The second kappa shape index (κ2) is 4.57. The Morgan fingerprint density at radius 2 is 2.20 bits per heavy atom. The standard InChI is InChI=1S/C16H23N3O/c1-10(2)19-13-6-5-11(3)7-12(13)18-15(19)16(4)9-20-8-14(16)17/h5-7,10,14H,8-9,17H2,1-4H3. The second-order valence-electron chi connectivity index (χ2n) is 6.43. The van der Waals surface area contributed by atoms with Gasteiger partial charge in [-0.3, -0.25) is 0 Å². The number of hydrogen-bond donors (Lipinski definition) is 1. The van der Waals surface area contributed by atoms with Gasteiger partial charge in [0.2, 0.25) is 0 Å². The van der Waals surface area contributed by atoms with Crippen LogP contribution in [-0.4, -0.2) is 28.8 Å². The molecule has 2 atom stereocenters. The normalized spacial score (nSPS) is 26.8. The summed E-state index contributed by atoms with van der Waals surface area (Å²) in [5.74, 6) is 1.05. The minimum absolute atomic E-state index is 0.00194. The van der Waals surface area contributed by atoms with E-state index in [-0.39, 0.29) is 11.5 Å². The number of benzene rings is 1. The molecule has 108 valence electrons. The Morgan fingerprint density at radius 1 is 1.45 bits per heavy atom. The third-order valence-corrected chi connectivity index (χ3v) is 4.39. The highest BCUT2D eigenvalue weighted by Crippen LogP contribution is 2.35. The number of fused-ring (bicyclic) bond motifs is 1. The molecule has 4 heteroatoms. The van der Waals surface area contributed by atoms with Gasteiger partial charge in [0.25, 0.3) is 0 Å².